The van der Waals surface area contributed by atoms with Crippen molar-refractivity contribution in [1.29, 1.82) is 0 Å². The molecular weight excluding hydrogens is 655 g/mol. The molecule has 0 N–H and O–H groups in total. The average molecular weight is 690 g/mol. The number of allylic oxidation sites excluding steroid dienone is 5. The van der Waals surface area contributed by atoms with Crippen LogP contribution in [0.25, 0.3) is 76.7 Å². The van der Waals surface area contributed by atoms with Crippen LogP contribution in [0.5, 0.6) is 0 Å². The van der Waals surface area contributed by atoms with Crippen LogP contribution >= 0.6 is 0 Å². The molecule has 0 saturated carbocycles. The first-order valence-corrected chi connectivity index (χ1v) is 18.9. The summed E-state index contributed by atoms with van der Waals surface area (Å²) < 4.78 is 6.49. The predicted molar refractivity (Wildman–Crippen MR) is 229 cm³/mol. The maximum atomic E-state index is 6.49. The Balaban J connectivity index is 1.15. The minimum Gasteiger partial charge on any atom is -0.455 e. The summed E-state index contributed by atoms with van der Waals surface area (Å²) >= 11 is 0. The number of furan rings is 1. The third kappa shape index (κ3) is 4.83. The number of anilines is 2. The van der Waals surface area contributed by atoms with Crippen LogP contribution in [0.4, 0.5) is 11.4 Å². The van der Waals surface area contributed by atoms with Gasteiger partial charge in [-0.2, -0.15) is 0 Å². The van der Waals surface area contributed by atoms with E-state index in [0.29, 0.717) is 0 Å². The van der Waals surface area contributed by atoms with E-state index in [4.69, 9.17) is 4.42 Å². The lowest BCUT2D eigenvalue weighted by atomic mass is 9.91. The molecule has 0 amide bonds. The third-order valence-electron chi connectivity index (χ3n) is 11.5. The fourth-order valence-electron chi connectivity index (χ4n) is 8.98. The summed E-state index contributed by atoms with van der Waals surface area (Å²) in [5, 5.41) is 12.5. The van der Waals surface area contributed by atoms with Crippen molar-refractivity contribution in [2.45, 2.75) is 25.7 Å². The number of nitrogens with zero attached hydrogens (tertiary/aromatic N) is 1. The monoisotopic (exact) mass is 689 g/mol. The lowest BCUT2D eigenvalue weighted by molar-refractivity contribution is 0.667. The Labute approximate surface area is 313 Å². The van der Waals surface area contributed by atoms with Gasteiger partial charge in [0.25, 0.3) is 0 Å². The Kier molecular flexibility index (Phi) is 7.07. The van der Waals surface area contributed by atoms with Gasteiger partial charge in [-0.3, -0.25) is 0 Å². The van der Waals surface area contributed by atoms with E-state index in [1.165, 1.54) is 82.1 Å². The summed E-state index contributed by atoms with van der Waals surface area (Å²) in [5.74, 6) is 6.83. The van der Waals surface area contributed by atoms with Gasteiger partial charge >= 0.3 is 0 Å². The Morgan fingerprint density at radius 2 is 1.28 bits per heavy atom. The van der Waals surface area contributed by atoms with Crippen molar-refractivity contribution >= 4 is 88.1 Å². The Bertz CT molecular complexity index is 3140. The van der Waals surface area contributed by atoms with E-state index >= 15 is 0 Å². The van der Waals surface area contributed by atoms with Crippen LogP contribution in [0.2, 0.25) is 0 Å². The second-order valence-electron chi connectivity index (χ2n) is 14.4. The van der Waals surface area contributed by atoms with Crippen LogP contribution in [0.1, 0.15) is 36.0 Å². The van der Waals surface area contributed by atoms with Crippen LogP contribution in [0.3, 0.4) is 0 Å². The fourth-order valence-corrected chi connectivity index (χ4v) is 8.98. The number of benzene rings is 8. The summed E-state index contributed by atoms with van der Waals surface area (Å²) in [7, 11) is 0. The van der Waals surface area contributed by atoms with E-state index in [0.717, 1.165) is 47.9 Å². The van der Waals surface area contributed by atoms with Gasteiger partial charge in [-0.15, -0.1) is 0 Å². The molecule has 2 aliphatic carbocycles. The number of hydrogen-bond acceptors (Lipinski definition) is 2. The van der Waals surface area contributed by atoms with Gasteiger partial charge in [0.2, 0.25) is 0 Å². The largest absolute Gasteiger partial charge is 0.455 e. The van der Waals surface area contributed by atoms with Gasteiger partial charge in [0, 0.05) is 45.9 Å². The number of para-hydroxylation sites is 2. The molecule has 0 radical (unpaired) electrons. The lowest BCUT2D eigenvalue weighted by Gasteiger charge is -2.32. The molecule has 0 spiro atoms. The zero-order chi connectivity index (χ0) is 35.6. The molecule has 0 unspecified atom stereocenters. The Morgan fingerprint density at radius 3 is 2.07 bits per heavy atom. The molecule has 54 heavy (non-hydrogen) atoms. The average Bonchev–Trinajstić information content (AvgIpc) is 3.61. The molecule has 11 rings (SSSR count). The zero-order valence-electron chi connectivity index (χ0n) is 29.8. The molecule has 0 fully saturated rings. The minimum absolute atomic E-state index is 0.723. The summed E-state index contributed by atoms with van der Waals surface area (Å²) in [6, 6.07) is 50.9. The van der Waals surface area contributed by atoms with E-state index in [1.807, 2.05) is 6.07 Å². The van der Waals surface area contributed by atoms with Crippen molar-refractivity contribution in [3.05, 3.63) is 180 Å². The molecule has 0 atom stereocenters. The van der Waals surface area contributed by atoms with Gasteiger partial charge in [0.1, 0.15) is 11.2 Å². The minimum atomic E-state index is 0.723. The molecule has 9 aromatic rings. The standard InChI is InChI=1S/C52H35NO/c1-2-4-15-39-34(13-3-1)25-26-36-14-11-23-49(51(36)39)53(38-31-32-45-43-18-6-5-16-41(43)42-17-7-8-19-44(42)48(45)33-38)37-29-27-35(28-30-37)40-21-12-22-47-46-20-9-10-24-50(46)54-52(40)47/h3,5-14,16-27,29,31-33H,1,15,28,30H2/b13-3-. The molecule has 0 saturated heterocycles. The van der Waals surface area contributed by atoms with Gasteiger partial charge in [0.05, 0.1) is 5.69 Å². The quantitative estimate of drug-likeness (QED) is 0.135. The number of rotatable bonds is 4. The summed E-state index contributed by atoms with van der Waals surface area (Å²) in [5.41, 5.74) is 10.5. The zero-order valence-corrected chi connectivity index (χ0v) is 29.8. The van der Waals surface area contributed by atoms with Crippen LogP contribution in [0, 0.1) is 11.8 Å². The van der Waals surface area contributed by atoms with Gasteiger partial charge in [-0.1, -0.05) is 145 Å². The van der Waals surface area contributed by atoms with Gasteiger partial charge in [-0.05, 0) is 97.6 Å². The molecule has 2 heteroatoms. The van der Waals surface area contributed by atoms with Crippen molar-refractivity contribution in [3.8, 4) is 11.8 Å². The van der Waals surface area contributed by atoms with Crippen LogP contribution in [0.15, 0.2) is 168 Å². The van der Waals surface area contributed by atoms with Crippen molar-refractivity contribution in [2.75, 3.05) is 4.90 Å². The SMILES string of the molecule is C1#CCc2c(ccc3cccc(N(C4=CC=C(c5cccc6c5oc5ccccc56)CC4)c4ccc5c6ccccc6c6ccccc6c5c4)c23)/C=C\C1. The number of hydrogen-bond donors (Lipinski definition) is 0. The van der Waals surface area contributed by atoms with Crippen LogP contribution < -0.4 is 4.90 Å². The van der Waals surface area contributed by atoms with E-state index < -0.39 is 0 Å². The highest BCUT2D eigenvalue weighted by Gasteiger charge is 2.24. The smallest absolute Gasteiger partial charge is 0.142 e. The fraction of sp³-hybridized carbons (Fsp3) is 0.0769. The summed E-state index contributed by atoms with van der Waals surface area (Å²) in [6.45, 7) is 0. The van der Waals surface area contributed by atoms with E-state index in [2.05, 4.69) is 175 Å². The molecule has 2 aliphatic rings. The van der Waals surface area contributed by atoms with Crippen molar-refractivity contribution in [2.24, 2.45) is 0 Å². The molecule has 8 aromatic carbocycles. The molecule has 2 nitrogen and oxygen atoms in total. The first kappa shape index (κ1) is 30.8. The van der Waals surface area contributed by atoms with Crippen molar-refractivity contribution < 1.29 is 4.42 Å². The van der Waals surface area contributed by atoms with E-state index in [1.54, 1.807) is 0 Å². The van der Waals surface area contributed by atoms with Crippen molar-refractivity contribution in [3.63, 3.8) is 0 Å². The van der Waals surface area contributed by atoms with Crippen LogP contribution in [-0.2, 0) is 6.42 Å². The highest BCUT2D eigenvalue weighted by atomic mass is 16.3. The molecule has 1 aromatic heterocycles. The van der Waals surface area contributed by atoms with E-state index in [-0.39, 0.29) is 0 Å². The topological polar surface area (TPSA) is 16.4 Å². The van der Waals surface area contributed by atoms with Crippen molar-refractivity contribution in [1.82, 2.24) is 0 Å². The van der Waals surface area contributed by atoms with Gasteiger partial charge < -0.3 is 9.32 Å². The highest BCUT2D eigenvalue weighted by molar-refractivity contribution is 6.26. The molecular formula is C52H35NO. The summed E-state index contributed by atoms with van der Waals surface area (Å²) in [6.07, 6.45) is 12.4. The predicted octanol–water partition coefficient (Wildman–Crippen LogP) is 14.1. The molecule has 0 aliphatic heterocycles. The lowest BCUT2D eigenvalue weighted by Crippen LogP contribution is -2.18. The van der Waals surface area contributed by atoms with Gasteiger partial charge in [-0.25, -0.2) is 0 Å². The highest BCUT2D eigenvalue weighted by Crippen LogP contribution is 2.45. The second-order valence-corrected chi connectivity index (χ2v) is 14.4. The second kappa shape index (κ2) is 12.4. The molecule has 1 heterocycles. The van der Waals surface area contributed by atoms with E-state index in [9.17, 15) is 0 Å². The Hall–Kier alpha value is -6.82. The molecule has 0 bridgehead atoms. The normalized spacial score (nSPS) is 14.7. The maximum absolute atomic E-state index is 6.49. The first-order chi connectivity index (χ1) is 26.8. The third-order valence-corrected chi connectivity index (χ3v) is 11.5. The maximum Gasteiger partial charge on any atom is 0.142 e. The van der Waals surface area contributed by atoms with Crippen LogP contribution in [-0.4, -0.2) is 0 Å². The summed E-state index contributed by atoms with van der Waals surface area (Å²) in [4.78, 5) is 2.52. The molecule has 254 valence electrons. The Morgan fingerprint density at radius 1 is 0.556 bits per heavy atom. The first-order valence-electron chi connectivity index (χ1n) is 18.9. The number of fused-ring (bicyclic) bond motifs is 12. The van der Waals surface area contributed by atoms with Gasteiger partial charge in [0.15, 0.2) is 0 Å².